The molecule has 2 aromatic rings. The molecule has 1 saturated heterocycles. The van der Waals surface area contributed by atoms with Gasteiger partial charge in [0, 0.05) is 48.9 Å². The molecule has 3 rings (SSSR count). The van der Waals surface area contributed by atoms with E-state index in [0.717, 1.165) is 48.3 Å². The summed E-state index contributed by atoms with van der Waals surface area (Å²) < 4.78 is 5.33. The normalized spacial score (nSPS) is 16.0. The number of aromatic nitrogens is 1. The molecular weight excluding hydrogens is 314 g/mol. The number of nitrogens with zero attached hydrogens (tertiary/aromatic N) is 1. The average Bonchev–Trinajstić information content (AvgIpc) is 2.97. The zero-order valence-electron chi connectivity index (χ0n) is 13.3. The number of methoxy groups -OCH3 is 1. The Bertz CT molecular complexity index is 678. The van der Waals surface area contributed by atoms with Crippen LogP contribution in [0.15, 0.2) is 24.4 Å². The Hall–Kier alpha value is -1.72. The molecule has 0 unspecified atom stereocenters. The van der Waals surface area contributed by atoms with Gasteiger partial charge in [0.15, 0.2) is 0 Å². The fraction of sp³-hybridized carbons (Fsp3) is 0.471. The molecule has 124 valence electrons. The summed E-state index contributed by atoms with van der Waals surface area (Å²) in [6, 6.07) is 5.81. The van der Waals surface area contributed by atoms with E-state index in [-0.39, 0.29) is 12.1 Å². The third-order valence-electron chi connectivity index (χ3n) is 4.46. The number of aromatic amines is 1. The van der Waals surface area contributed by atoms with E-state index in [9.17, 15) is 4.79 Å². The lowest BCUT2D eigenvalue weighted by molar-refractivity contribution is 0.0504. The molecule has 2 amide bonds. The van der Waals surface area contributed by atoms with E-state index in [0.29, 0.717) is 6.54 Å². The first-order valence-corrected chi connectivity index (χ1v) is 8.36. The summed E-state index contributed by atoms with van der Waals surface area (Å²) in [5.74, 6) is 0. The number of halogens is 1. The smallest absolute Gasteiger partial charge is 0.317 e. The van der Waals surface area contributed by atoms with Crippen LogP contribution in [0.5, 0.6) is 0 Å². The van der Waals surface area contributed by atoms with Crippen molar-refractivity contribution < 1.29 is 9.53 Å². The zero-order valence-corrected chi connectivity index (χ0v) is 14.0. The van der Waals surface area contributed by atoms with Gasteiger partial charge in [0.25, 0.3) is 0 Å². The number of carbonyl (C=O) groups is 1. The second-order valence-corrected chi connectivity index (χ2v) is 6.34. The molecule has 2 N–H and O–H groups in total. The minimum Gasteiger partial charge on any atom is -0.381 e. The summed E-state index contributed by atoms with van der Waals surface area (Å²) in [6.45, 7) is 2.13. The van der Waals surface area contributed by atoms with Gasteiger partial charge >= 0.3 is 6.03 Å². The third kappa shape index (κ3) is 3.79. The number of rotatable bonds is 4. The van der Waals surface area contributed by atoms with Gasteiger partial charge in [-0.15, -0.1) is 0 Å². The lowest BCUT2D eigenvalue weighted by Gasteiger charge is -2.31. The number of piperidine rings is 1. The molecule has 0 radical (unpaired) electrons. The van der Waals surface area contributed by atoms with Crippen molar-refractivity contribution in [3.63, 3.8) is 0 Å². The Morgan fingerprint density at radius 2 is 2.22 bits per heavy atom. The van der Waals surface area contributed by atoms with E-state index >= 15 is 0 Å². The Labute approximate surface area is 140 Å². The Morgan fingerprint density at radius 1 is 1.43 bits per heavy atom. The average molecular weight is 336 g/mol. The molecule has 1 fully saturated rings. The van der Waals surface area contributed by atoms with E-state index in [1.165, 1.54) is 5.56 Å². The van der Waals surface area contributed by atoms with Crippen LogP contribution < -0.4 is 5.32 Å². The topological polar surface area (TPSA) is 57.4 Å². The van der Waals surface area contributed by atoms with E-state index in [1.54, 1.807) is 7.11 Å². The fourth-order valence-corrected chi connectivity index (χ4v) is 3.24. The standard InChI is InChI=1S/C17H22ClN3O2/c1-23-14-5-8-21(9-6-14)17(22)19-7-4-12-11-20-16-3-2-13(18)10-15(12)16/h2-3,10-11,14,20H,4-9H2,1H3,(H,19,22). The highest BCUT2D eigenvalue weighted by Gasteiger charge is 2.22. The van der Waals surface area contributed by atoms with Crippen molar-refractivity contribution in [3.8, 4) is 0 Å². The van der Waals surface area contributed by atoms with Gasteiger partial charge in [-0.3, -0.25) is 0 Å². The van der Waals surface area contributed by atoms with Gasteiger partial charge in [0.2, 0.25) is 0 Å². The molecule has 0 atom stereocenters. The summed E-state index contributed by atoms with van der Waals surface area (Å²) in [4.78, 5) is 17.3. The number of urea groups is 1. The fourth-order valence-electron chi connectivity index (χ4n) is 3.07. The number of amides is 2. The van der Waals surface area contributed by atoms with Gasteiger partial charge in [-0.2, -0.15) is 0 Å². The van der Waals surface area contributed by atoms with Gasteiger partial charge in [-0.1, -0.05) is 11.6 Å². The van der Waals surface area contributed by atoms with Crippen LogP contribution in [0.3, 0.4) is 0 Å². The van der Waals surface area contributed by atoms with Crippen molar-refractivity contribution in [2.24, 2.45) is 0 Å². The number of ether oxygens (including phenoxy) is 1. The first kappa shape index (κ1) is 16.1. The summed E-state index contributed by atoms with van der Waals surface area (Å²) in [5.41, 5.74) is 2.23. The molecule has 0 aliphatic carbocycles. The number of likely N-dealkylation sites (tertiary alicyclic amines) is 1. The molecule has 6 heteroatoms. The molecule has 1 aliphatic rings. The molecule has 1 aromatic carbocycles. The van der Waals surface area contributed by atoms with E-state index < -0.39 is 0 Å². The van der Waals surface area contributed by atoms with Crippen LogP contribution in [0.2, 0.25) is 5.02 Å². The molecule has 2 heterocycles. The maximum atomic E-state index is 12.2. The zero-order chi connectivity index (χ0) is 16.2. The van der Waals surface area contributed by atoms with Crippen molar-refractivity contribution in [1.29, 1.82) is 0 Å². The van der Waals surface area contributed by atoms with Crippen molar-refractivity contribution in [3.05, 3.63) is 35.0 Å². The monoisotopic (exact) mass is 335 g/mol. The Morgan fingerprint density at radius 3 is 2.96 bits per heavy atom. The minimum atomic E-state index is 0.0115. The van der Waals surface area contributed by atoms with Crippen molar-refractivity contribution in [1.82, 2.24) is 15.2 Å². The molecule has 1 aliphatic heterocycles. The van der Waals surface area contributed by atoms with Crippen LogP contribution in [0.1, 0.15) is 18.4 Å². The van der Waals surface area contributed by atoms with Gasteiger partial charge < -0.3 is 19.9 Å². The Kier molecular flexibility index (Phi) is 5.08. The second-order valence-electron chi connectivity index (χ2n) is 5.91. The minimum absolute atomic E-state index is 0.0115. The molecule has 0 saturated carbocycles. The van der Waals surface area contributed by atoms with E-state index in [2.05, 4.69) is 10.3 Å². The number of benzene rings is 1. The number of hydrogen-bond donors (Lipinski definition) is 2. The largest absolute Gasteiger partial charge is 0.381 e. The van der Waals surface area contributed by atoms with E-state index in [4.69, 9.17) is 16.3 Å². The predicted octanol–water partition coefficient (Wildman–Crippen LogP) is 3.18. The molecule has 1 aromatic heterocycles. The molecular formula is C17H22ClN3O2. The second kappa shape index (κ2) is 7.23. The SMILES string of the molecule is COC1CCN(C(=O)NCCc2c[nH]c3ccc(Cl)cc23)CC1. The van der Waals surface area contributed by atoms with Gasteiger partial charge in [0.1, 0.15) is 0 Å². The van der Waals surface area contributed by atoms with Crippen LogP contribution in [-0.4, -0.2) is 48.8 Å². The highest BCUT2D eigenvalue weighted by molar-refractivity contribution is 6.31. The summed E-state index contributed by atoms with van der Waals surface area (Å²) >= 11 is 6.06. The van der Waals surface area contributed by atoms with Crippen LogP contribution in [-0.2, 0) is 11.2 Å². The van der Waals surface area contributed by atoms with Gasteiger partial charge in [0.05, 0.1) is 6.10 Å². The third-order valence-corrected chi connectivity index (χ3v) is 4.70. The maximum absolute atomic E-state index is 12.2. The highest BCUT2D eigenvalue weighted by Crippen LogP contribution is 2.22. The van der Waals surface area contributed by atoms with Crippen molar-refractivity contribution in [2.45, 2.75) is 25.4 Å². The first-order valence-electron chi connectivity index (χ1n) is 7.98. The first-order chi connectivity index (χ1) is 11.2. The lowest BCUT2D eigenvalue weighted by atomic mass is 10.1. The summed E-state index contributed by atoms with van der Waals surface area (Å²) in [5, 5.41) is 4.85. The number of hydrogen-bond acceptors (Lipinski definition) is 2. The number of nitrogens with one attached hydrogen (secondary N) is 2. The van der Waals surface area contributed by atoms with Crippen LogP contribution in [0.25, 0.3) is 10.9 Å². The summed E-state index contributed by atoms with van der Waals surface area (Å²) in [6.07, 6.45) is 4.86. The molecule has 5 nitrogen and oxygen atoms in total. The van der Waals surface area contributed by atoms with Crippen molar-refractivity contribution in [2.75, 3.05) is 26.7 Å². The number of carbonyl (C=O) groups excluding carboxylic acids is 1. The van der Waals surface area contributed by atoms with Crippen molar-refractivity contribution >= 4 is 28.5 Å². The quantitative estimate of drug-likeness (QED) is 0.901. The van der Waals surface area contributed by atoms with E-state index in [1.807, 2.05) is 29.3 Å². The van der Waals surface area contributed by atoms with Crippen LogP contribution in [0, 0.1) is 0 Å². The number of fused-ring (bicyclic) bond motifs is 1. The van der Waals surface area contributed by atoms with Gasteiger partial charge in [-0.05, 0) is 43.0 Å². The summed E-state index contributed by atoms with van der Waals surface area (Å²) in [7, 11) is 1.73. The van der Waals surface area contributed by atoms with Gasteiger partial charge in [-0.25, -0.2) is 4.79 Å². The van der Waals surface area contributed by atoms with Crippen LogP contribution in [0.4, 0.5) is 4.79 Å². The maximum Gasteiger partial charge on any atom is 0.317 e. The highest BCUT2D eigenvalue weighted by atomic mass is 35.5. The molecule has 0 bridgehead atoms. The predicted molar refractivity (Wildman–Crippen MR) is 92.0 cm³/mol. The molecule has 23 heavy (non-hydrogen) atoms. The Balaban J connectivity index is 1.51. The van der Waals surface area contributed by atoms with Crippen LogP contribution >= 0.6 is 11.6 Å². The molecule has 0 spiro atoms. The lowest BCUT2D eigenvalue weighted by Crippen LogP contribution is -2.46. The number of H-pyrrole nitrogens is 1.